The lowest BCUT2D eigenvalue weighted by atomic mass is 9.99. The quantitative estimate of drug-likeness (QED) is 0.908. The van der Waals surface area contributed by atoms with Crippen LogP contribution in [-0.2, 0) is 17.8 Å². The predicted molar refractivity (Wildman–Crippen MR) is 99.0 cm³/mol. The minimum Gasteiger partial charge on any atom is -0.335 e. The zero-order chi connectivity index (χ0) is 18.1. The summed E-state index contributed by atoms with van der Waals surface area (Å²) >= 11 is 0. The molecule has 26 heavy (non-hydrogen) atoms. The minimum atomic E-state index is -0.0650. The third kappa shape index (κ3) is 3.42. The number of benzene rings is 1. The van der Waals surface area contributed by atoms with Crippen molar-refractivity contribution in [2.24, 2.45) is 0 Å². The summed E-state index contributed by atoms with van der Waals surface area (Å²) in [5.74, 6) is 1.24. The van der Waals surface area contributed by atoms with Crippen LogP contribution in [0.1, 0.15) is 35.0 Å². The van der Waals surface area contributed by atoms with E-state index >= 15 is 0 Å². The molecule has 2 aliphatic rings. The number of hydrogen-bond acceptors (Lipinski definition) is 4. The second-order valence-corrected chi connectivity index (χ2v) is 7.27. The van der Waals surface area contributed by atoms with Crippen LogP contribution in [0.15, 0.2) is 35.1 Å². The fourth-order valence-corrected chi connectivity index (χ4v) is 4.04. The topological polar surface area (TPSA) is 69.3 Å². The molecule has 1 aromatic carbocycles. The first kappa shape index (κ1) is 17.0. The number of carbonyl (C=O) groups excluding carboxylic acids is 1. The van der Waals surface area contributed by atoms with Gasteiger partial charge >= 0.3 is 0 Å². The molecule has 2 aliphatic heterocycles. The fourth-order valence-electron chi connectivity index (χ4n) is 4.04. The highest BCUT2D eigenvalue weighted by Crippen LogP contribution is 2.27. The van der Waals surface area contributed by atoms with Gasteiger partial charge in [-0.1, -0.05) is 30.3 Å². The van der Waals surface area contributed by atoms with E-state index in [1.54, 1.807) is 6.92 Å². The molecule has 0 spiro atoms. The van der Waals surface area contributed by atoms with Crippen molar-refractivity contribution in [2.45, 2.75) is 32.2 Å². The zero-order valence-corrected chi connectivity index (χ0v) is 15.1. The normalized spacial score (nSPS) is 20.2. The Morgan fingerprint density at radius 2 is 2.08 bits per heavy atom. The Hall–Kier alpha value is -2.47. The third-order valence-corrected chi connectivity index (χ3v) is 5.45. The number of nitrogens with one attached hydrogen (secondary N) is 1. The maximum absolute atomic E-state index is 12.7. The monoisotopic (exact) mass is 352 g/mol. The number of rotatable bonds is 3. The molecule has 1 aromatic heterocycles. The molecule has 1 saturated heterocycles. The molecule has 4 rings (SSSR count). The van der Waals surface area contributed by atoms with E-state index in [2.05, 4.69) is 39.1 Å². The van der Waals surface area contributed by atoms with Crippen LogP contribution in [0.2, 0.25) is 0 Å². The number of hydrogen-bond donors (Lipinski definition) is 1. The lowest BCUT2D eigenvalue weighted by molar-refractivity contribution is -0.133. The van der Waals surface area contributed by atoms with Crippen LogP contribution in [0.3, 0.4) is 0 Å². The van der Waals surface area contributed by atoms with Crippen LogP contribution in [0.5, 0.6) is 0 Å². The molecule has 1 N–H and O–H groups in total. The summed E-state index contributed by atoms with van der Waals surface area (Å²) in [4.78, 5) is 36.0. The summed E-state index contributed by atoms with van der Waals surface area (Å²) in [6.07, 6.45) is 1.67. The Bertz CT molecular complexity index is 862. The number of H-pyrrole nitrogens is 1. The van der Waals surface area contributed by atoms with Crippen LogP contribution >= 0.6 is 0 Å². The SMILES string of the molecule is Cc1nc2c(c(=O)[nH]1)CCN(C(=O)CN1CCC(c3ccccc3)C1)C2. The number of likely N-dealkylation sites (tertiary alicyclic amines) is 1. The highest BCUT2D eigenvalue weighted by Gasteiger charge is 2.29. The van der Waals surface area contributed by atoms with Crippen molar-refractivity contribution in [1.29, 1.82) is 0 Å². The van der Waals surface area contributed by atoms with Crippen LogP contribution in [0, 0.1) is 6.92 Å². The number of nitrogens with zero attached hydrogens (tertiary/aromatic N) is 3. The molecule has 1 fully saturated rings. The summed E-state index contributed by atoms with van der Waals surface area (Å²) in [5, 5.41) is 0. The minimum absolute atomic E-state index is 0.0650. The fraction of sp³-hybridized carbons (Fsp3) is 0.450. The Labute approximate surface area is 152 Å². The molecule has 0 aliphatic carbocycles. The number of carbonyl (C=O) groups is 1. The molecular formula is C20H24N4O2. The average molecular weight is 352 g/mol. The molecule has 3 heterocycles. The summed E-state index contributed by atoms with van der Waals surface area (Å²) < 4.78 is 0. The number of aromatic amines is 1. The van der Waals surface area contributed by atoms with E-state index in [0.717, 1.165) is 30.8 Å². The maximum Gasteiger partial charge on any atom is 0.254 e. The van der Waals surface area contributed by atoms with E-state index in [9.17, 15) is 9.59 Å². The van der Waals surface area contributed by atoms with E-state index in [-0.39, 0.29) is 11.5 Å². The van der Waals surface area contributed by atoms with Crippen LogP contribution < -0.4 is 5.56 Å². The molecule has 0 saturated carbocycles. The molecule has 6 nitrogen and oxygen atoms in total. The van der Waals surface area contributed by atoms with Crippen molar-refractivity contribution in [3.05, 3.63) is 63.3 Å². The standard InChI is InChI=1S/C20H24N4O2/c1-14-21-18-12-24(10-8-17(18)20(26)22-14)19(25)13-23-9-7-16(11-23)15-5-3-2-4-6-15/h2-6,16H,7-13H2,1H3,(H,21,22,26). The maximum atomic E-state index is 12.7. The van der Waals surface area contributed by atoms with Crippen LogP contribution in [0.25, 0.3) is 0 Å². The van der Waals surface area contributed by atoms with E-state index in [0.29, 0.717) is 37.8 Å². The van der Waals surface area contributed by atoms with Gasteiger partial charge in [-0.25, -0.2) is 4.98 Å². The van der Waals surface area contributed by atoms with E-state index in [1.165, 1.54) is 5.56 Å². The van der Waals surface area contributed by atoms with Crippen molar-refractivity contribution in [2.75, 3.05) is 26.2 Å². The van der Waals surface area contributed by atoms with E-state index < -0.39 is 0 Å². The van der Waals surface area contributed by atoms with Gasteiger partial charge in [0, 0.05) is 18.7 Å². The van der Waals surface area contributed by atoms with E-state index in [4.69, 9.17) is 0 Å². The summed E-state index contributed by atoms with van der Waals surface area (Å²) in [7, 11) is 0. The Balaban J connectivity index is 1.38. The Kier molecular flexibility index (Phi) is 4.59. The van der Waals surface area contributed by atoms with Gasteiger partial charge < -0.3 is 9.88 Å². The first-order chi connectivity index (χ1) is 12.6. The van der Waals surface area contributed by atoms with Crippen molar-refractivity contribution >= 4 is 5.91 Å². The highest BCUT2D eigenvalue weighted by atomic mass is 16.2. The van der Waals surface area contributed by atoms with Crippen molar-refractivity contribution in [3.63, 3.8) is 0 Å². The number of aryl methyl sites for hydroxylation is 1. The van der Waals surface area contributed by atoms with Gasteiger partial charge in [-0.3, -0.25) is 14.5 Å². The van der Waals surface area contributed by atoms with E-state index in [1.807, 2.05) is 11.0 Å². The van der Waals surface area contributed by atoms with Crippen molar-refractivity contribution in [3.8, 4) is 0 Å². The molecular weight excluding hydrogens is 328 g/mol. The lowest BCUT2D eigenvalue weighted by Gasteiger charge is -2.29. The molecule has 1 atom stereocenters. The highest BCUT2D eigenvalue weighted by molar-refractivity contribution is 5.78. The van der Waals surface area contributed by atoms with Gasteiger partial charge in [0.2, 0.25) is 5.91 Å². The second-order valence-electron chi connectivity index (χ2n) is 7.27. The zero-order valence-electron chi connectivity index (χ0n) is 15.1. The predicted octanol–water partition coefficient (Wildman–Crippen LogP) is 1.45. The first-order valence-corrected chi connectivity index (χ1v) is 9.24. The first-order valence-electron chi connectivity index (χ1n) is 9.24. The van der Waals surface area contributed by atoms with Gasteiger partial charge in [0.15, 0.2) is 0 Å². The summed E-state index contributed by atoms with van der Waals surface area (Å²) in [6.45, 7) is 5.13. The second kappa shape index (κ2) is 7.03. The van der Waals surface area contributed by atoms with Gasteiger partial charge in [0.1, 0.15) is 5.82 Å². The molecule has 6 heteroatoms. The molecule has 1 amide bonds. The van der Waals surface area contributed by atoms with Gasteiger partial charge in [-0.15, -0.1) is 0 Å². The molecule has 1 unspecified atom stereocenters. The van der Waals surface area contributed by atoms with Gasteiger partial charge in [0.25, 0.3) is 5.56 Å². The number of aromatic nitrogens is 2. The third-order valence-electron chi connectivity index (χ3n) is 5.45. The van der Waals surface area contributed by atoms with Crippen molar-refractivity contribution < 1.29 is 4.79 Å². The van der Waals surface area contributed by atoms with Gasteiger partial charge in [-0.05, 0) is 37.8 Å². The van der Waals surface area contributed by atoms with Gasteiger partial charge in [0.05, 0.1) is 18.8 Å². The Morgan fingerprint density at radius 1 is 1.27 bits per heavy atom. The molecule has 0 radical (unpaired) electrons. The van der Waals surface area contributed by atoms with Crippen molar-refractivity contribution in [1.82, 2.24) is 19.8 Å². The number of amides is 1. The molecule has 136 valence electrons. The summed E-state index contributed by atoms with van der Waals surface area (Å²) in [6, 6.07) is 10.5. The average Bonchev–Trinajstić information content (AvgIpc) is 3.10. The largest absolute Gasteiger partial charge is 0.335 e. The lowest BCUT2D eigenvalue weighted by Crippen LogP contribution is -2.43. The number of fused-ring (bicyclic) bond motifs is 1. The molecule has 0 bridgehead atoms. The van der Waals surface area contributed by atoms with Gasteiger partial charge in [-0.2, -0.15) is 0 Å². The smallest absolute Gasteiger partial charge is 0.254 e. The Morgan fingerprint density at radius 3 is 2.88 bits per heavy atom. The summed E-state index contributed by atoms with van der Waals surface area (Å²) in [5.41, 5.74) is 2.76. The molecule has 2 aromatic rings. The van der Waals surface area contributed by atoms with Crippen LogP contribution in [-0.4, -0.2) is 51.9 Å². The van der Waals surface area contributed by atoms with Crippen LogP contribution in [0.4, 0.5) is 0 Å².